The van der Waals surface area contributed by atoms with Crippen LogP contribution < -0.4 is 23.8 Å². The highest BCUT2D eigenvalue weighted by molar-refractivity contribution is 7.92. The molecule has 0 saturated heterocycles. The second-order valence-corrected chi connectivity index (χ2v) is 10.6. The molecule has 0 fully saturated rings. The summed E-state index contributed by atoms with van der Waals surface area (Å²) >= 11 is 0. The lowest BCUT2D eigenvalue weighted by Crippen LogP contribution is -2.51. The Labute approximate surface area is 235 Å². The minimum absolute atomic E-state index is 0.0117. The van der Waals surface area contributed by atoms with Gasteiger partial charge in [0.05, 0.1) is 31.9 Å². The molecular formula is C29H35N3O7S. The third-order valence-electron chi connectivity index (χ3n) is 6.41. The molecule has 0 bridgehead atoms. The van der Waals surface area contributed by atoms with Gasteiger partial charge < -0.3 is 24.4 Å². The number of nitrogens with one attached hydrogen (secondary N) is 1. The fourth-order valence-electron chi connectivity index (χ4n) is 4.24. The molecule has 40 heavy (non-hydrogen) atoms. The van der Waals surface area contributed by atoms with Crippen LogP contribution in [0.5, 0.6) is 17.2 Å². The summed E-state index contributed by atoms with van der Waals surface area (Å²) in [5.74, 6) is 0.441. The van der Waals surface area contributed by atoms with E-state index in [1.165, 1.54) is 44.4 Å². The van der Waals surface area contributed by atoms with E-state index in [1.807, 2.05) is 0 Å². The van der Waals surface area contributed by atoms with Crippen LogP contribution in [-0.4, -0.2) is 66.1 Å². The minimum atomic E-state index is -4.19. The number of ether oxygens (including phenoxy) is 3. The number of carbonyl (C=O) groups is 2. The average molecular weight is 570 g/mol. The summed E-state index contributed by atoms with van der Waals surface area (Å²) in [5, 5.41) is 2.61. The van der Waals surface area contributed by atoms with Gasteiger partial charge in [0, 0.05) is 19.7 Å². The Morgan fingerprint density at radius 3 is 2.08 bits per heavy atom. The van der Waals surface area contributed by atoms with Crippen molar-refractivity contribution in [1.29, 1.82) is 0 Å². The number of hydrogen-bond acceptors (Lipinski definition) is 7. The van der Waals surface area contributed by atoms with E-state index in [9.17, 15) is 18.0 Å². The van der Waals surface area contributed by atoms with E-state index in [1.54, 1.807) is 68.6 Å². The molecule has 1 atom stereocenters. The SMILES string of the molecule is CCC(C(=O)NC)N(Cc1ccc(OC)cc1)C(=O)CN(c1ccc(OC)c(OC)c1)S(=O)(=O)c1ccccc1. The van der Waals surface area contributed by atoms with E-state index in [4.69, 9.17) is 14.2 Å². The third kappa shape index (κ3) is 6.84. The molecule has 0 saturated carbocycles. The number of benzene rings is 3. The molecule has 0 aliphatic rings. The van der Waals surface area contributed by atoms with E-state index in [0.29, 0.717) is 23.7 Å². The fraction of sp³-hybridized carbons (Fsp3) is 0.310. The van der Waals surface area contributed by atoms with E-state index in [-0.39, 0.29) is 23.0 Å². The molecule has 0 spiro atoms. The normalized spacial score (nSPS) is 11.7. The van der Waals surface area contributed by atoms with Gasteiger partial charge in [-0.25, -0.2) is 8.42 Å². The second-order valence-electron chi connectivity index (χ2n) is 8.77. The zero-order valence-electron chi connectivity index (χ0n) is 23.3. The van der Waals surface area contributed by atoms with Crippen molar-refractivity contribution in [2.24, 2.45) is 0 Å². The van der Waals surface area contributed by atoms with Crippen LogP contribution >= 0.6 is 0 Å². The second kappa shape index (κ2) is 13.7. The number of nitrogens with zero attached hydrogens (tertiary/aromatic N) is 2. The molecule has 2 amide bonds. The van der Waals surface area contributed by atoms with Crippen molar-refractivity contribution < 1.29 is 32.2 Å². The van der Waals surface area contributed by atoms with E-state index >= 15 is 0 Å². The summed E-state index contributed by atoms with van der Waals surface area (Å²) in [5.41, 5.74) is 0.951. The number of anilines is 1. The van der Waals surface area contributed by atoms with E-state index in [0.717, 1.165) is 9.87 Å². The Morgan fingerprint density at radius 1 is 0.875 bits per heavy atom. The van der Waals surface area contributed by atoms with Gasteiger partial charge in [-0.05, 0) is 48.4 Å². The van der Waals surface area contributed by atoms with Crippen LogP contribution in [0.4, 0.5) is 5.69 Å². The van der Waals surface area contributed by atoms with E-state index in [2.05, 4.69) is 5.32 Å². The molecule has 0 aromatic heterocycles. The highest BCUT2D eigenvalue weighted by atomic mass is 32.2. The van der Waals surface area contributed by atoms with Crippen molar-refractivity contribution in [1.82, 2.24) is 10.2 Å². The van der Waals surface area contributed by atoms with Gasteiger partial charge in [-0.3, -0.25) is 13.9 Å². The third-order valence-corrected chi connectivity index (χ3v) is 8.20. The Balaban J connectivity index is 2.09. The molecule has 1 N–H and O–H groups in total. The molecule has 10 nitrogen and oxygen atoms in total. The van der Waals surface area contributed by atoms with Crippen molar-refractivity contribution in [3.8, 4) is 17.2 Å². The summed E-state index contributed by atoms with van der Waals surface area (Å²) in [6.45, 7) is 1.32. The molecule has 1 unspecified atom stereocenters. The first-order valence-electron chi connectivity index (χ1n) is 12.6. The highest BCUT2D eigenvalue weighted by Crippen LogP contribution is 2.34. The Kier molecular flexibility index (Phi) is 10.4. The van der Waals surface area contributed by atoms with Crippen molar-refractivity contribution >= 4 is 27.5 Å². The predicted octanol–water partition coefficient (Wildman–Crippen LogP) is 3.46. The van der Waals surface area contributed by atoms with Crippen LogP contribution in [-0.2, 0) is 26.2 Å². The van der Waals surface area contributed by atoms with Gasteiger partial charge in [-0.15, -0.1) is 0 Å². The number of rotatable bonds is 13. The highest BCUT2D eigenvalue weighted by Gasteiger charge is 2.33. The maximum atomic E-state index is 14.0. The lowest BCUT2D eigenvalue weighted by Gasteiger charge is -2.33. The molecule has 0 aliphatic heterocycles. The molecule has 0 radical (unpaired) electrons. The van der Waals surface area contributed by atoms with Gasteiger partial charge in [0.1, 0.15) is 18.3 Å². The lowest BCUT2D eigenvalue weighted by molar-refractivity contribution is -0.140. The van der Waals surface area contributed by atoms with Gasteiger partial charge >= 0.3 is 0 Å². The molecule has 0 heterocycles. The van der Waals surface area contributed by atoms with Crippen molar-refractivity contribution in [3.63, 3.8) is 0 Å². The van der Waals surface area contributed by atoms with Crippen molar-refractivity contribution in [2.45, 2.75) is 30.8 Å². The monoisotopic (exact) mass is 569 g/mol. The molecule has 214 valence electrons. The van der Waals surface area contributed by atoms with Gasteiger partial charge in [-0.1, -0.05) is 37.3 Å². The standard InChI is InChI=1S/C29H35N3O7S/c1-6-25(29(34)30-2)31(19-21-12-15-23(37-3)16-13-21)28(33)20-32(40(35,36)24-10-8-7-9-11-24)22-14-17-26(38-4)27(18-22)39-5/h7-18,25H,6,19-20H2,1-5H3,(H,30,34). The summed E-state index contributed by atoms with van der Waals surface area (Å²) < 4.78 is 44.7. The van der Waals surface area contributed by atoms with Crippen LogP contribution in [0.3, 0.4) is 0 Å². The maximum Gasteiger partial charge on any atom is 0.264 e. The smallest absolute Gasteiger partial charge is 0.264 e. The van der Waals surface area contributed by atoms with Crippen LogP contribution in [0.25, 0.3) is 0 Å². The first kappa shape index (κ1) is 30.3. The van der Waals surface area contributed by atoms with Gasteiger partial charge in [0.15, 0.2) is 11.5 Å². The molecule has 0 aliphatic carbocycles. The first-order valence-corrected chi connectivity index (χ1v) is 14.1. The molecule has 3 aromatic rings. The molecule has 11 heteroatoms. The minimum Gasteiger partial charge on any atom is -0.497 e. The number of methoxy groups -OCH3 is 3. The first-order chi connectivity index (χ1) is 19.2. The quantitative estimate of drug-likeness (QED) is 0.335. The van der Waals surface area contributed by atoms with Gasteiger partial charge in [0.25, 0.3) is 10.0 Å². The predicted molar refractivity (Wildman–Crippen MR) is 152 cm³/mol. The van der Waals surface area contributed by atoms with Crippen molar-refractivity contribution in [2.75, 3.05) is 39.2 Å². The van der Waals surface area contributed by atoms with Crippen LogP contribution in [0.15, 0.2) is 77.7 Å². The number of carbonyl (C=O) groups excluding carboxylic acids is 2. The Hall–Kier alpha value is -4.25. The number of hydrogen-bond donors (Lipinski definition) is 1. The zero-order chi connectivity index (χ0) is 29.3. The van der Waals surface area contributed by atoms with Crippen LogP contribution in [0.1, 0.15) is 18.9 Å². The maximum absolute atomic E-state index is 14.0. The van der Waals surface area contributed by atoms with Crippen LogP contribution in [0.2, 0.25) is 0 Å². The van der Waals surface area contributed by atoms with Crippen LogP contribution in [0, 0.1) is 0 Å². The van der Waals surface area contributed by atoms with E-state index < -0.39 is 28.5 Å². The summed E-state index contributed by atoms with van der Waals surface area (Å²) in [6, 6.07) is 18.7. The van der Waals surface area contributed by atoms with Gasteiger partial charge in [-0.2, -0.15) is 0 Å². The summed E-state index contributed by atoms with van der Waals surface area (Å²) in [7, 11) is 1.77. The summed E-state index contributed by atoms with van der Waals surface area (Å²) in [4.78, 5) is 28.2. The fourth-order valence-corrected chi connectivity index (χ4v) is 5.67. The Bertz CT molecular complexity index is 1400. The average Bonchev–Trinajstić information content (AvgIpc) is 2.99. The number of amides is 2. The molecular weight excluding hydrogens is 534 g/mol. The van der Waals surface area contributed by atoms with Crippen molar-refractivity contribution in [3.05, 3.63) is 78.4 Å². The Morgan fingerprint density at radius 2 is 1.52 bits per heavy atom. The lowest BCUT2D eigenvalue weighted by atomic mass is 10.1. The topological polar surface area (TPSA) is 114 Å². The summed E-state index contributed by atoms with van der Waals surface area (Å²) in [6.07, 6.45) is 0.323. The largest absolute Gasteiger partial charge is 0.497 e. The number of sulfonamides is 1. The zero-order valence-corrected chi connectivity index (χ0v) is 24.1. The molecule has 3 rings (SSSR count). The number of likely N-dealkylation sites (N-methyl/N-ethyl adjacent to an activating group) is 1. The van der Waals surface area contributed by atoms with Gasteiger partial charge in [0.2, 0.25) is 11.8 Å². The molecule has 3 aromatic carbocycles.